The molecule has 1 atom stereocenters. The molecule has 2 aromatic rings. The third kappa shape index (κ3) is 3.65. The van der Waals surface area contributed by atoms with Crippen molar-refractivity contribution in [3.05, 3.63) is 53.1 Å². The molecule has 1 unspecified atom stereocenters. The molecule has 20 heavy (non-hydrogen) atoms. The molecule has 0 bridgehead atoms. The normalized spacial score (nSPS) is 12.1. The summed E-state index contributed by atoms with van der Waals surface area (Å²) >= 11 is 0. The van der Waals surface area contributed by atoms with E-state index in [0.717, 1.165) is 5.56 Å². The number of nitrogens with zero attached hydrogens (tertiary/aromatic N) is 3. The van der Waals surface area contributed by atoms with Gasteiger partial charge in [0.2, 0.25) is 0 Å². The topological polar surface area (TPSA) is 53.6 Å². The molecule has 104 valence electrons. The largest absolute Gasteiger partial charge is 0.308 e. The SMILES string of the molecule is Cc1cnn(CC(C)NCc2cc(C#N)ccc2F)c1. The average Bonchev–Trinajstić information content (AvgIpc) is 2.83. The maximum absolute atomic E-state index is 13.6. The van der Waals surface area contributed by atoms with Crippen LogP contribution in [0.4, 0.5) is 4.39 Å². The van der Waals surface area contributed by atoms with Crippen molar-refractivity contribution in [3.8, 4) is 6.07 Å². The fraction of sp³-hybridized carbons (Fsp3) is 0.333. The molecule has 0 saturated carbocycles. The van der Waals surface area contributed by atoms with Gasteiger partial charge in [-0.2, -0.15) is 10.4 Å². The van der Waals surface area contributed by atoms with Crippen LogP contribution in [0.25, 0.3) is 0 Å². The van der Waals surface area contributed by atoms with Crippen LogP contribution in [-0.2, 0) is 13.1 Å². The number of nitrogens with one attached hydrogen (secondary N) is 1. The zero-order valence-electron chi connectivity index (χ0n) is 11.6. The Balaban J connectivity index is 1.93. The van der Waals surface area contributed by atoms with Crippen molar-refractivity contribution >= 4 is 0 Å². The third-order valence-electron chi connectivity index (χ3n) is 3.04. The summed E-state index contributed by atoms with van der Waals surface area (Å²) in [6, 6.07) is 6.56. The molecule has 0 radical (unpaired) electrons. The van der Waals surface area contributed by atoms with Crippen LogP contribution in [0.1, 0.15) is 23.6 Å². The standard InChI is InChI=1S/C15H17FN4/c1-11-7-19-20(9-11)10-12(2)18-8-14-5-13(6-17)3-4-15(14)16/h3-5,7,9,12,18H,8,10H2,1-2H3. The number of hydrogen-bond donors (Lipinski definition) is 1. The van der Waals surface area contributed by atoms with Crippen LogP contribution in [0, 0.1) is 24.1 Å². The molecule has 0 aliphatic carbocycles. The summed E-state index contributed by atoms with van der Waals surface area (Å²) in [6.07, 6.45) is 3.78. The predicted octanol–water partition coefficient (Wildman–Crippen LogP) is 2.38. The van der Waals surface area contributed by atoms with Gasteiger partial charge in [0.1, 0.15) is 5.82 Å². The van der Waals surface area contributed by atoms with E-state index in [1.165, 1.54) is 12.1 Å². The Morgan fingerprint density at radius 3 is 2.95 bits per heavy atom. The minimum atomic E-state index is -0.293. The molecule has 0 aliphatic rings. The van der Waals surface area contributed by atoms with Gasteiger partial charge < -0.3 is 5.32 Å². The van der Waals surface area contributed by atoms with E-state index in [1.807, 2.05) is 37.0 Å². The number of aryl methyl sites for hydroxylation is 1. The number of hydrogen-bond acceptors (Lipinski definition) is 3. The van der Waals surface area contributed by atoms with Crippen LogP contribution in [-0.4, -0.2) is 15.8 Å². The molecule has 0 saturated heterocycles. The highest BCUT2D eigenvalue weighted by atomic mass is 19.1. The fourth-order valence-electron chi connectivity index (χ4n) is 1.98. The van der Waals surface area contributed by atoms with E-state index in [4.69, 9.17) is 5.26 Å². The van der Waals surface area contributed by atoms with E-state index in [2.05, 4.69) is 10.4 Å². The van der Waals surface area contributed by atoms with Crippen molar-refractivity contribution in [3.63, 3.8) is 0 Å². The lowest BCUT2D eigenvalue weighted by Crippen LogP contribution is -2.30. The molecule has 4 nitrogen and oxygen atoms in total. The summed E-state index contributed by atoms with van der Waals surface area (Å²) in [5.41, 5.74) is 2.09. The molecule has 0 spiro atoms. The van der Waals surface area contributed by atoms with Crippen molar-refractivity contribution in [2.75, 3.05) is 0 Å². The molecular formula is C15H17FN4. The molecule has 2 rings (SSSR count). The quantitative estimate of drug-likeness (QED) is 0.909. The Bertz CT molecular complexity index is 627. The van der Waals surface area contributed by atoms with Gasteiger partial charge in [0.25, 0.3) is 0 Å². The van der Waals surface area contributed by atoms with Crippen LogP contribution in [0.5, 0.6) is 0 Å². The zero-order chi connectivity index (χ0) is 14.5. The fourth-order valence-corrected chi connectivity index (χ4v) is 1.98. The summed E-state index contributed by atoms with van der Waals surface area (Å²) in [5.74, 6) is -0.293. The third-order valence-corrected chi connectivity index (χ3v) is 3.04. The van der Waals surface area contributed by atoms with Gasteiger partial charge in [-0.15, -0.1) is 0 Å². The van der Waals surface area contributed by atoms with Gasteiger partial charge in [-0.1, -0.05) is 0 Å². The molecule has 1 aromatic heterocycles. The molecule has 1 N–H and O–H groups in total. The maximum Gasteiger partial charge on any atom is 0.127 e. The van der Waals surface area contributed by atoms with Gasteiger partial charge in [-0.3, -0.25) is 4.68 Å². The minimum Gasteiger partial charge on any atom is -0.308 e. The first-order valence-corrected chi connectivity index (χ1v) is 6.49. The monoisotopic (exact) mass is 272 g/mol. The first kappa shape index (κ1) is 14.2. The number of aromatic nitrogens is 2. The van der Waals surface area contributed by atoms with E-state index in [9.17, 15) is 4.39 Å². The number of halogens is 1. The predicted molar refractivity (Wildman–Crippen MR) is 74.4 cm³/mol. The van der Waals surface area contributed by atoms with E-state index in [-0.39, 0.29) is 11.9 Å². The van der Waals surface area contributed by atoms with Crippen LogP contribution in [0.2, 0.25) is 0 Å². The van der Waals surface area contributed by atoms with Gasteiger partial charge in [0.05, 0.1) is 24.4 Å². The molecule has 0 fully saturated rings. The van der Waals surface area contributed by atoms with Crippen LogP contribution < -0.4 is 5.32 Å². The Labute approximate surface area is 117 Å². The molecule has 0 aliphatic heterocycles. The van der Waals surface area contributed by atoms with Crippen molar-refractivity contribution in [1.82, 2.24) is 15.1 Å². The second-order valence-electron chi connectivity index (χ2n) is 4.94. The van der Waals surface area contributed by atoms with Crippen LogP contribution >= 0.6 is 0 Å². The average molecular weight is 272 g/mol. The summed E-state index contributed by atoms with van der Waals surface area (Å²) in [4.78, 5) is 0. The summed E-state index contributed by atoms with van der Waals surface area (Å²) in [6.45, 7) is 5.11. The van der Waals surface area contributed by atoms with Gasteiger partial charge in [0.15, 0.2) is 0 Å². The summed E-state index contributed by atoms with van der Waals surface area (Å²) in [7, 11) is 0. The Morgan fingerprint density at radius 1 is 1.50 bits per heavy atom. The Hall–Kier alpha value is -2.19. The lowest BCUT2D eigenvalue weighted by atomic mass is 10.1. The van der Waals surface area contributed by atoms with Crippen molar-refractivity contribution in [2.45, 2.75) is 33.0 Å². The number of benzene rings is 1. The lowest BCUT2D eigenvalue weighted by Gasteiger charge is -2.14. The summed E-state index contributed by atoms with van der Waals surface area (Å²) in [5, 5.41) is 16.3. The van der Waals surface area contributed by atoms with Crippen molar-refractivity contribution < 1.29 is 4.39 Å². The van der Waals surface area contributed by atoms with Crippen LogP contribution in [0.3, 0.4) is 0 Å². The van der Waals surface area contributed by atoms with E-state index < -0.39 is 0 Å². The number of rotatable bonds is 5. The van der Waals surface area contributed by atoms with Gasteiger partial charge >= 0.3 is 0 Å². The molecular weight excluding hydrogens is 255 g/mol. The second kappa shape index (κ2) is 6.31. The van der Waals surface area contributed by atoms with E-state index in [1.54, 1.807) is 6.07 Å². The maximum atomic E-state index is 13.6. The van der Waals surface area contributed by atoms with E-state index >= 15 is 0 Å². The highest BCUT2D eigenvalue weighted by Gasteiger charge is 2.07. The molecule has 5 heteroatoms. The first-order chi connectivity index (χ1) is 9.58. The van der Waals surface area contributed by atoms with Gasteiger partial charge in [-0.05, 0) is 37.6 Å². The number of nitriles is 1. The smallest absolute Gasteiger partial charge is 0.127 e. The van der Waals surface area contributed by atoms with Gasteiger partial charge in [-0.25, -0.2) is 4.39 Å². The Kier molecular flexibility index (Phi) is 4.49. The van der Waals surface area contributed by atoms with E-state index in [0.29, 0.717) is 24.2 Å². The molecule has 1 heterocycles. The lowest BCUT2D eigenvalue weighted by molar-refractivity contribution is 0.445. The first-order valence-electron chi connectivity index (χ1n) is 6.49. The minimum absolute atomic E-state index is 0.152. The Morgan fingerprint density at radius 2 is 2.30 bits per heavy atom. The highest BCUT2D eigenvalue weighted by Crippen LogP contribution is 2.10. The van der Waals surface area contributed by atoms with Gasteiger partial charge in [0, 0.05) is 24.3 Å². The summed E-state index contributed by atoms with van der Waals surface area (Å²) < 4.78 is 15.5. The molecule has 0 amide bonds. The second-order valence-corrected chi connectivity index (χ2v) is 4.94. The molecule has 1 aromatic carbocycles. The highest BCUT2D eigenvalue weighted by molar-refractivity contribution is 5.33. The van der Waals surface area contributed by atoms with Crippen LogP contribution in [0.15, 0.2) is 30.6 Å². The zero-order valence-corrected chi connectivity index (χ0v) is 11.6. The van der Waals surface area contributed by atoms with Crippen molar-refractivity contribution in [2.24, 2.45) is 0 Å². The van der Waals surface area contributed by atoms with Crippen molar-refractivity contribution in [1.29, 1.82) is 5.26 Å².